The maximum absolute atomic E-state index is 9.92. The summed E-state index contributed by atoms with van der Waals surface area (Å²) in [7, 11) is -0.974. The largest absolute Gasteiger partial charge is 0.491 e. The SMILES string of the molecule is CC(C)C(C)(C)OB(O)c1ccnc(Cl)c1. The number of pyridine rings is 1. The minimum absolute atomic E-state index is 0.305. The van der Waals surface area contributed by atoms with Gasteiger partial charge in [-0.05, 0) is 37.4 Å². The maximum atomic E-state index is 9.92. The number of hydrogen-bond acceptors (Lipinski definition) is 3. The summed E-state index contributed by atoms with van der Waals surface area (Å²) in [5.74, 6) is 0.305. The third kappa shape index (κ3) is 3.47. The Morgan fingerprint density at radius 3 is 2.62 bits per heavy atom. The smallest absolute Gasteiger partial charge is 0.423 e. The van der Waals surface area contributed by atoms with Gasteiger partial charge in [-0.25, -0.2) is 4.98 Å². The highest BCUT2D eigenvalue weighted by atomic mass is 35.5. The van der Waals surface area contributed by atoms with Crippen molar-refractivity contribution in [2.24, 2.45) is 5.92 Å². The van der Waals surface area contributed by atoms with E-state index in [9.17, 15) is 5.02 Å². The average molecular weight is 242 g/mol. The Bertz CT molecular complexity index is 358. The Hall–Kier alpha value is -0.575. The van der Waals surface area contributed by atoms with Crippen LogP contribution in [0, 0.1) is 5.92 Å². The Morgan fingerprint density at radius 2 is 2.12 bits per heavy atom. The zero-order valence-corrected chi connectivity index (χ0v) is 10.8. The van der Waals surface area contributed by atoms with Gasteiger partial charge in [0.05, 0.1) is 5.60 Å². The van der Waals surface area contributed by atoms with Gasteiger partial charge in [0.1, 0.15) is 5.15 Å². The number of rotatable bonds is 4. The van der Waals surface area contributed by atoms with E-state index in [0.29, 0.717) is 16.5 Å². The van der Waals surface area contributed by atoms with E-state index in [2.05, 4.69) is 4.98 Å². The summed E-state index contributed by atoms with van der Waals surface area (Å²) in [5.41, 5.74) is 0.226. The van der Waals surface area contributed by atoms with Crippen molar-refractivity contribution in [2.75, 3.05) is 0 Å². The Morgan fingerprint density at radius 1 is 1.50 bits per heavy atom. The van der Waals surface area contributed by atoms with Gasteiger partial charge in [0.2, 0.25) is 0 Å². The van der Waals surface area contributed by atoms with Crippen molar-refractivity contribution >= 4 is 24.2 Å². The predicted molar refractivity (Wildman–Crippen MR) is 66.9 cm³/mol. The molecule has 0 saturated carbocycles. The molecule has 0 radical (unpaired) electrons. The first-order valence-corrected chi connectivity index (χ1v) is 5.68. The number of halogens is 1. The second kappa shape index (κ2) is 5.17. The highest BCUT2D eigenvalue weighted by molar-refractivity contribution is 6.60. The Balaban J connectivity index is 2.76. The van der Waals surface area contributed by atoms with Gasteiger partial charge in [0.25, 0.3) is 0 Å². The predicted octanol–water partition coefficient (Wildman–Crippen LogP) is 1.87. The lowest BCUT2D eigenvalue weighted by molar-refractivity contribution is 0.0423. The van der Waals surface area contributed by atoms with Crippen LogP contribution in [-0.4, -0.2) is 22.7 Å². The van der Waals surface area contributed by atoms with Crippen LogP contribution in [0.15, 0.2) is 18.3 Å². The average Bonchev–Trinajstić information content (AvgIpc) is 2.16. The highest BCUT2D eigenvalue weighted by Gasteiger charge is 2.30. The van der Waals surface area contributed by atoms with Crippen LogP contribution in [0.5, 0.6) is 0 Å². The molecule has 1 rings (SSSR count). The zero-order valence-electron chi connectivity index (χ0n) is 10.1. The maximum Gasteiger partial charge on any atom is 0.491 e. The first-order chi connectivity index (χ1) is 7.33. The van der Waals surface area contributed by atoms with Gasteiger partial charge >= 0.3 is 7.12 Å². The summed E-state index contributed by atoms with van der Waals surface area (Å²) >= 11 is 5.74. The molecule has 3 nitrogen and oxygen atoms in total. The second-order valence-corrected chi connectivity index (χ2v) is 5.03. The molecular formula is C11H17BClNO2. The van der Waals surface area contributed by atoms with Gasteiger partial charge in [-0.1, -0.05) is 25.4 Å². The normalized spacial score (nSPS) is 11.9. The van der Waals surface area contributed by atoms with Crippen LogP contribution < -0.4 is 5.46 Å². The summed E-state index contributed by atoms with van der Waals surface area (Å²) in [4.78, 5) is 3.85. The Labute approximate surface area is 102 Å². The molecule has 0 aliphatic carbocycles. The van der Waals surface area contributed by atoms with Gasteiger partial charge < -0.3 is 9.68 Å². The number of aromatic nitrogens is 1. The van der Waals surface area contributed by atoms with Crippen LogP contribution in [0.3, 0.4) is 0 Å². The van der Waals surface area contributed by atoms with E-state index >= 15 is 0 Å². The minimum atomic E-state index is -0.974. The van der Waals surface area contributed by atoms with Crippen molar-refractivity contribution in [3.8, 4) is 0 Å². The quantitative estimate of drug-likeness (QED) is 0.646. The van der Waals surface area contributed by atoms with Crippen LogP contribution in [0.4, 0.5) is 0 Å². The molecule has 0 saturated heterocycles. The first-order valence-electron chi connectivity index (χ1n) is 5.30. The standard InChI is InChI=1S/C11H17BClNO2/c1-8(2)11(3,4)16-12(15)9-5-6-14-10(13)7-9/h5-8,15H,1-4H3. The molecule has 1 heterocycles. The van der Waals surface area contributed by atoms with Gasteiger partial charge in [0.15, 0.2) is 0 Å². The van der Waals surface area contributed by atoms with Gasteiger partial charge in [0, 0.05) is 6.20 Å². The molecule has 0 unspecified atom stereocenters. The summed E-state index contributed by atoms with van der Waals surface area (Å²) in [6.07, 6.45) is 1.55. The van der Waals surface area contributed by atoms with Gasteiger partial charge in [-0.3, -0.25) is 0 Å². The molecule has 5 heteroatoms. The lowest BCUT2D eigenvalue weighted by Gasteiger charge is -2.31. The van der Waals surface area contributed by atoms with Crippen molar-refractivity contribution < 1.29 is 9.68 Å². The van der Waals surface area contributed by atoms with E-state index in [1.165, 1.54) is 0 Å². The minimum Gasteiger partial charge on any atom is -0.423 e. The van der Waals surface area contributed by atoms with Crippen molar-refractivity contribution in [2.45, 2.75) is 33.3 Å². The summed E-state index contributed by atoms with van der Waals surface area (Å²) in [6, 6.07) is 3.29. The summed E-state index contributed by atoms with van der Waals surface area (Å²) in [6.45, 7) is 7.99. The van der Waals surface area contributed by atoms with Crippen LogP contribution in [0.2, 0.25) is 5.15 Å². The lowest BCUT2D eigenvalue weighted by atomic mass is 9.78. The molecule has 1 aromatic heterocycles. The van der Waals surface area contributed by atoms with Crippen molar-refractivity contribution in [1.29, 1.82) is 0 Å². The molecule has 88 valence electrons. The number of nitrogens with zero attached hydrogens (tertiary/aromatic N) is 1. The second-order valence-electron chi connectivity index (χ2n) is 4.64. The van der Waals surface area contributed by atoms with E-state index < -0.39 is 12.7 Å². The molecule has 0 aromatic carbocycles. The Kier molecular flexibility index (Phi) is 4.36. The topological polar surface area (TPSA) is 42.4 Å². The van der Waals surface area contributed by atoms with Crippen molar-refractivity contribution in [3.63, 3.8) is 0 Å². The van der Waals surface area contributed by atoms with Gasteiger partial charge in [-0.15, -0.1) is 0 Å². The van der Waals surface area contributed by atoms with E-state index in [1.807, 2.05) is 27.7 Å². The molecule has 0 aliphatic heterocycles. The van der Waals surface area contributed by atoms with Crippen molar-refractivity contribution in [1.82, 2.24) is 4.98 Å². The van der Waals surface area contributed by atoms with E-state index in [0.717, 1.165) is 0 Å². The molecule has 0 bridgehead atoms. The molecule has 16 heavy (non-hydrogen) atoms. The third-order valence-electron chi connectivity index (χ3n) is 2.84. The molecular weight excluding hydrogens is 224 g/mol. The number of hydrogen-bond donors (Lipinski definition) is 1. The molecule has 0 amide bonds. The molecule has 1 N–H and O–H groups in total. The van der Waals surface area contributed by atoms with Crippen LogP contribution in [0.1, 0.15) is 27.7 Å². The first kappa shape index (κ1) is 13.5. The monoisotopic (exact) mass is 241 g/mol. The van der Waals surface area contributed by atoms with E-state index in [-0.39, 0.29) is 0 Å². The van der Waals surface area contributed by atoms with E-state index in [4.69, 9.17) is 16.3 Å². The fourth-order valence-electron chi connectivity index (χ4n) is 1.06. The fraction of sp³-hybridized carbons (Fsp3) is 0.545. The molecule has 0 aliphatic rings. The molecule has 0 spiro atoms. The summed E-state index contributed by atoms with van der Waals surface area (Å²) < 4.78 is 5.61. The third-order valence-corrected chi connectivity index (χ3v) is 3.05. The lowest BCUT2D eigenvalue weighted by Crippen LogP contribution is -2.44. The zero-order chi connectivity index (χ0) is 12.3. The van der Waals surface area contributed by atoms with Crippen molar-refractivity contribution in [3.05, 3.63) is 23.5 Å². The molecule has 1 aromatic rings. The van der Waals surface area contributed by atoms with Crippen LogP contribution in [-0.2, 0) is 4.65 Å². The van der Waals surface area contributed by atoms with Gasteiger partial charge in [-0.2, -0.15) is 0 Å². The highest BCUT2D eigenvalue weighted by Crippen LogP contribution is 2.20. The van der Waals surface area contributed by atoms with Crippen LogP contribution >= 0.6 is 11.6 Å². The fourth-order valence-corrected chi connectivity index (χ4v) is 1.25. The van der Waals surface area contributed by atoms with Crippen LogP contribution in [0.25, 0.3) is 0 Å². The molecule has 0 atom stereocenters. The van der Waals surface area contributed by atoms with E-state index in [1.54, 1.807) is 18.3 Å². The summed E-state index contributed by atoms with van der Waals surface area (Å²) in [5, 5.41) is 10.3. The molecule has 0 fully saturated rings.